The fourth-order valence-electron chi connectivity index (χ4n) is 3.76. The molecule has 1 aliphatic carbocycles. The van der Waals surface area contributed by atoms with Gasteiger partial charge in [0.1, 0.15) is 10.6 Å². The highest BCUT2D eigenvalue weighted by atomic mass is 32.2. The second kappa shape index (κ2) is 7.25. The number of hydrogen-bond acceptors (Lipinski definition) is 6. The van der Waals surface area contributed by atoms with E-state index in [2.05, 4.69) is 45.6 Å². The van der Waals surface area contributed by atoms with E-state index in [0.29, 0.717) is 30.1 Å². The molecule has 1 saturated carbocycles. The van der Waals surface area contributed by atoms with Crippen LogP contribution < -0.4 is 5.32 Å². The third-order valence-corrected chi connectivity index (χ3v) is 6.70. The second-order valence-electron chi connectivity index (χ2n) is 8.34. The Kier molecular flexibility index (Phi) is 4.67. The molecule has 3 aromatic rings. The average molecular weight is 422 g/mol. The highest BCUT2D eigenvalue weighted by molar-refractivity contribution is 8.01. The van der Waals surface area contributed by atoms with Gasteiger partial charge in [0.2, 0.25) is 0 Å². The van der Waals surface area contributed by atoms with Gasteiger partial charge in [0.25, 0.3) is 0 Å². The van der Waals surface area contributed by atoms with Gasteiger partial charge in [0, 0.05) is 16.6 Å². The largest absolute Gasteiger partial charge is 0.480 e. The molecule has 30 heavy (non-hydrogen) atoms. The molecule has 1 fully saturated rings. The smallest absolute Gasteiger partial charge is 0.319 e. The Morgan fingerprint density at radius 3 is 2.63 bits per heavy atom. The summed E-state index contributed by atoms with van der Waals surface area (Å²) < 4.78 is 4.58. The number of hydrogen-bond donors (Lipinski definition) is 2. The number of nitrogens with zero attached hydrogens (tertiary/aromatic N) is 2. The Balaban J connectivity index is 1.55. The average Bonchev–Trinajstić information content (AvgIpc) is 3.44. The zero-order valence-electron chi connectivity index (χ0n) is 16.9. The van der Waals surface area contributed by atoms with Gasteiger partial charge in [0.05, 0.1) is 18.9 Å². The molecule has 0 atom stereocenters. The van der Waals surface area contributed by atoms with Crippen molar-refractivity contribution in [1.82, 2.24) is 9.97 Å². The predicted molar refractivity (Wildman–Crippen MR) is 117 cm³/mol. The molecule has 2 heterocycles. The highest BCUT2D eigenvalue weighted by Crippen LogP contribution is 2.45. The summed E-state index contributed by atoms with van der Waals surface area (Å²) in [5, 5.41) is 15.8. The summed E-state index contributed by atoms with van der Waals surface area (Å²) in [7, 11) is 0. The molecular formula is C23H23N3O3S. The van der Waals surface area contributed by atoms with Crippen molar-refractivity contribution in [3.05, 3.63) is 53.2 Å². The number of aromatic nitrogens is 2. The number of carbonyl (C=O) groups is 1. The van der Waals surface area contributed by atoms with E-state index in [4.69, 9.17) is 4.74 Å². The highest BCUT2D eigenvalue weighted by Gasteiger charge is 2.31. The van der Waals surface area contributed by atoms with Crippen LogP contribution in [0.5, 0.6) is 0 Å². The Morgan fingerprint density at radius 2 is 1.90 bits per heavy atom. The second-order valence-corrected chi connectivity index (χ2v) is 9.93. The van der Waals surface area contributed by atoms with Gasteiger partial charge in [-0.2, -0.15) is 0 Å². The first-order chi connectivity index (χ1) is 14.4. The first-order valence-corrected chi connectivity index (χ1v) is 10.9. The molecule has 2 N–H and O–H groups in total. The van der Waals surface area contributed by atoms with E-state index in [1.807, 2.05) is 6.07 Å². The lowest BCUT2D eigenvalue weighted by Crippen LogP contribution is -2.27. The van der Waals surface area contributed by atoms with E-state index in [9.17, 15) is 9.90 Å². The molecule has 1 aromatic heterocycles. The molecule has 2 aliphatic rings. The first kappa shape index (κ1) is 19.3. The summed E-state index contributed by atoms with van der Waals surface area (Å²) >= 11 is 1.15. The van der Waals surface area contributed by atoms with Crippen LogP contribution in [0.1, 0.15) is 49.4 Å². The maximum absolute atomic E-state index is 11.6. The standard InChI is InChI=1S/C23H23N3O3S/c1-23(2,21(27)28)30-22-25-19-12-29-11-17(19)20(26-22)24-18-10-9-14(13-7-8-13)15-5-3-4-6-16(15)18/h3-6,9-10,13H,7-8,11-12H2,1-2H3,(H,27,28)(H,24,25,26). The summed E-state index contributed by atoms with van der Waals surface area (Å²) in [4.78, 5) is 20.8. The minimum Gasteiger partial charge on any atom is -0.480 e. The van der Waals surface area contributed by atoms with Crippen LogP contribution in [0.2, 0.25) is 0 Å². The summed E-state index contributed by atoms with van der Waals surface area (Å²) in [6, 6.07) is 12.8. The zero-order valence-corrected chi connectivity index (χ0v) is 17.8. The van der Waals surface area contributed by atoms with E-state index in [-0.39, 0.29) is 0 Å². The van der Waals surface area contributed by atoms with Crippen molar-refractivity contribution < 1.29 is 14.6 Å². The summed E-state index contributed by atoms with van der Waals surface area (Å²) in [5.41, 5.74) is 4.14. The molecule has 0 amide bonds. The summed E-state index contributed by atoms with van der Waals surface area (Å²) in [6.45, 7) is 4.17. The molecule has 0 saturated heterocycles. The van der Waals surface area contributed by atoms with Crippen LogP contribution in [-0.4, -0.2) is 25.8 Å². The fourth-order valence-corrected chi connectivity index (χ4v) is 4.60. The number of ether oxygens (including phenoxy) is 1. The van der Waals surface area contributed by atoms with Crippen LogP contribution in [0.4, 0.5) is 11.5 Å². The van der Waals surface area contributed by atoms with E-state index in [0.717, 1.165) is 34.1 Å². The van der Waals surface area contributed by atoms with Crippen LogP contribution >= 0.6 is 11.8 Å². The van der Waals surface area contributed by atoms with Crippen molar-refractivity contribution in [2.45, 2.75) is 55.7 Å². The minimum atomic E-state index is -1.02. The predicted octanol–water partition coefficient (Wildman–Crippen LogP) is 5.24. The monoisotopic (exact) mass is 421 g/mol. The number of benzene rings is 2. The lowest BCUT2D eigenvalue weighted by atomic mass is 9.99. The minimum absolute atomic E-state index is 0.412. The topological polar surface area (TPSA) is 84.3 Å². The molecule has 2 aromatic carbocycles. The molecule has 6 nitrogen and oxygen atoms in total. The van der Waals surface area contributed by atoms with Crippen molar-refractivity contribution >= 4 is 40.0 Å². The molecule has 5 rings (SSSR count). The van der Waals surface area contributed by atoms with Gasteiger partial charge >= 0.3 is 5.97 Å². The molecular weight excluding hydrogens is 398 g/mol. The summed E-state index contributed by atoms with van der Waals surface area (Å²) in [6.07, 6.45) is 2.51. The fraction of sp³-hybridized carbons (Fsp3) is 0.348. The Morgan fingerprint density at radius 1 is 1.13 bits per heavy atom. The number of thioether (sulfide) groups is 1. The Hall–Kier alpha value is -2.64. The molecule has 1 aliphatic heterocycles. The number of aliphatic carboxylic acids is 1. The quantitative estimate of drug-likeness (QED) is 0.416. The van der Waals surface area contributed by atoms with Crippen molar-refractivity contribution in [2.75, 3.05) is 5.32 Å². The van der Waals surface area contributed by atoms with E-state index >= 15 is 0 Å². The number of carboxylic acids is 1. The van der Waals surface area contributed by atoms with Crippen LogP contribution in [0, 0.1) is 0 Å². The molecule has 0 unspecified atom stereocenters. The molecule has 7 heteroatoms. The third-order valence-electron chi connectivity index (χ3n) is 5.65. The molecule has 154 valence electrons. The van der Waals surface area contributed by atoms with E-state index in [1.165, 1.54) is 23.8 Å². The van der Waals surface area contributed by atoms with E-state index < -0.39 is 10.7 Å². The van der Waals surface area contributed by atoms with Crippen molar-refractivity contribution in [1.29, 1.82) is 0 Å². The lowest BCUT2D eigenvalue weighted by molar-refractivity contribution is -0.138. The zero-order chi connectivity index (χ0) is 20.9. The van der Waals surface area contributed by atoms with Crippen molar-refractivity contribution in [3.8, 4) is 0 Å². The maximum atomic E-state index is 11.6. The normalized spacial score (nSPS) is 15.9. The van der Waals surface area contributed by atoms with Gasteiger partial charge in [-0.3, -0.25) is 4.79 Å². The number of rotatable bonds is 6. The number of carboxylic acid groups (broad SMARTS) is 1. The molecule has 0 radical (unpaired) electrons. The Labute approximate surface area is 179 Å². The van der Waals surface area contributed by atoms with Gasteiger partial charge < -0.3 is 15.2 Å². The number of nitrogens with one attached hydrogen (secondary N) is 1. The number of anilines is 2. The third kappa shape index (κ3) is 3.52. The van der Waals surface area contributed by atoms with Gasteiger partial charge in [0.15, 0.2) is 5.16 Å². The van der Waals surface area contributed by atoms with Crippen molar-refractivity contribution in [3.63, 3.8) is 0 Å². The maximum Gasteiger partial charge on any atom is 0.319 e. The van der Waals surface area contributed by atoms with Gasteiger partial charge in [-0.25, -0.2) is 9.97 Å². The lowest BCUT2D eigenvalue weighted by Gasteiger charge is -2.19. The van der Waals surface area contributed by atoms with Crippen LogP contribution in [-0.2, 0) is 22.7 Å². The van der Waals surface area contributed by atoms with Gasteiger partial charge in [-0.05, 0) is 49.6 Å². The van der Waals surface area contributed by atoms with Crippen LogP contribution in [0.3, 0.4) is 0 Å². The van der Waals surface area contributed by atoms with Gasteiger partial charge in [-0.15, -0.1) is 0 Å². The Bertz CT molecular complexity index is 1160. The van der Waals surface area contributed by atoms with Crippen LogP contribution in [0.25, 0.3) is 10.8 Å². The van der Waals surface area contributed by atoms with E-state index in [1.54, 1.807) is 13.8 Å². The van der Waals surface area contributed by atoms with Crippen molar-refractivity contribution in [2.24, 2.45) is 0 Å². The SMILES string of the molecule is CC(C)(Sc1nc2c(c(Nc3ccc(C4CC4)c4ccccc34)n1)COC2)C(=O)O. The molecule has 0 bridgehead atoms. The first-order valence-electron chi connectivity index (χ1n) is 10.1. The number of fused-ring (bicyclic) bond motifs is 2. The van der Waals surface area contributed by atoms with Crippen LogP contribution in [0.15, 0.2) is 41.6 Å². The van der Waals surface area contributed by atoms with Gasteiger partial charge in [-0.1, -0.05) is 42.1 Å². The molecule has 0 spiro atoms. The summed E-state index contributed by atoms with van der Waals surface area (Å²) in [5.74, 6) is 0.455.